The van der Waals surface area contributed by atoms with Gasteiger partial charge in [-0.3, -0.25) is 0 Å². The van der Waals surface area contributed by atoms with Crippen LogP contribution in [0.4, 0.5) is 5.69 Å². The molecule has 5 nitrogen and oxygen atoms in total. The summed E-state index contributed by atoms with van der Waals surface area (Å²) in [5, 5.41) is 11.4. The summed E-state index contributed by atoms with van der Waals surface area (Å²) in [4.78, 5) is 0. The van der Waals surface area contributed by atoms with Gasteiger partial charge in [0, 0.05) is 17.3 Å². The molecular formula is C17H17N3O2. The van der Waals surface area contributed by atoms with Crippen molar-refractivity contribution >= 4 is 5.69 Å². The first kappa shape index (κ1) is 14.1. The summed E-state index contributed by atoms with van der Waals surface area (Å²) in [5.41, 5.74) is 3.03. The van der Waals surface area contributed by atoms with Gasteiger partial charge in [-0.15, -0.1) is 10.2 Å². The second-order valence-corrected chi connectivity index (χ2v) is 4.96. The number of aryl methyl sites for hydroxylation is 1. The lowest BCUT2D eigenvalue weighted by atomic mass is 10.1. The molecule has 0 saturated carbocycles. The summed E-state index contributed by atoms with van der Waals surface area (Å²) in [6, 6.07) is 15.7. The predicted molar refractivity (Wildman–Crippen MR) is 84.8 cm³/mol. The summed E-state index contributed by atoms with van der Waals surface area (Å²) < 4.78 is 10.9. The zero-order chi connectivity index (χ0) is 15.4. The van der Waals surface area contributed by atoms with Gasteiger partial charge in [-0.2, -0.15) is 0 Å². The highest BCUT2D eigenvalue weighted by atomic mass is 16.5. The normalized spacial score (nSPS) is 10.5. The predicted octanol–water partition coefficient (Wildman–Crippen LogP) is 3.67. The maximum atomic E-state index is 5.69. The Kier molecular flexibility index (Phi) is 4.05. The van der Waals surface area contributed by atoms with Crippen LogP contribution < -0.4 is 10.1 Å². The lowest BCUT2D eigenvalue weighted by Crippen LogP contribution is -1.99. The molecule has 0 unspecified atom stereocenters. The largest absolute Gasteiger partial charge is 0.497 e. The fourth-order valence-electron chi connectivity index (χ4n) is 2.13. The number of anilines is 1. The van der Waals surface area contributed by atoms with Gasteiger partial charge in [0.25, 0.3) is 0 Å². The monoisotopic (exact) mass is 295 g/mol. The number of hydrogen-bond donors (Lipinski definition) is 1. The van der Waals surface area contributed by atoms with Crippen LogP contribution >= 0.6 is 0 Å². The van der Waals surface area contributed by atoms with Crippen molar-refractivity contribution in [3.8, 4) is 17.2 Å². The van der Waals surface area contributed by atoms with Gasteiger partial charge in [-0.1, -0.05) is 23.8 Å². The smallest absolute Gasteiger partial charge is 0.247 e. The van der Waals surface area contributed by atoms with Crippen molar-refractivity contribution in [3.05, 3.63) is 60.0 Å². The molecule has 5 heteroatoms. The van der Waals surface area contributed by atoms with E-state index in [2.05, 4.69) is 15.5 Å². The average molecular weight is 295 g/mol. The van der Waals surface area contributed by atoms with Crippen LogP contribution in [0.5, 0.6) is 5.75 Å². The third-order valence-corrected chi connectivity index (χ3v) is 3.25. The maximum Gasteiger partial charge on any atom is 0.247 e. The molecular weight excluding hydrogens is 278 g/mol. The molecule has 0 aliphatic heterocycles. The van der Waals surface area contributed by atoms with Crippen LogP contribution in [0.1, 0.15) is 11.5 Å². The van der Waals surface area contributed by atoms with Crippen LogP contribution in [0.2, 0.25) is 0 Å². The standard InChI is InChI=1S/C17H17N3O2/c1-12-5-3-6-13(9-12)17-20-19-16(22-17)11-18-14-7-4-8-15(10-14)21-2/h3-10,18H,11H2,1-2H3. The molecule has 0 aliphatic carbocycles. The molecule has 0 amide bonds. The Morgan fingerprint density at radius 1 is 1.09 bits per heavy atom. The highest BCUT2D eigenvalue weighted by Gasteiger charge is 2.08. The maximum absolute atomic E-state index is 5.69. The number of hydrogen-bond acceptors (Lipinski definition) is 5. The molecule has 0 aliphatic rings. The number of methoxy groups -OCH3 is 1. The van der Waals surface area contributed by atoms with Crippen LogP contribution in [-0.4, -0.2) is 17.3 Å². The van der Waals surface area contributed by atoms with Gasteiger partial charge < -0.3 is 14.5 Å². The summed E-state index contributed by atoms with van der Waals surface area (Å²) in [6.07, 6.45) is 0. The SMILES string of the molecule is COc1cccc(NCc2nnc(-c3cccc(C)c3)o2)c1. The minimum absolute atomic E-state index is 0.464. The highest BCUT2D eigenvalue weighted by molar-refractivity contribution is 5.53. The van der Waals surface area contributed by atoms with E-state index in [4.69, 9.17) is 9.15 Å². The van der Waals surface area contributed by atoms with Gasteiger partial charge >= 0.3 is 0 Å². The molecule has 0 atom stereocenters. The van der Waals surface area contributed by atoms with Crippen molar-refractivity contribution in [2.75, 3.05) is 12.4 Å². The summed E-state index contributed by atoms with van der Waals surface area (Å²) in [7, 11) is 1.64. The van der Waals surface area contributed by atoms with Gasteiger partial charge in [-0.05, 0) is 31.2 Å². The van der Waals surface area contributed by atoms with Crippen molar-refractivity contribution in [3.63, 3.8) is 0 Å². The first-order chi connectivity index (χ1) is 10.7. The Hall–Kier alpha value is -2.82. The quantitative estimate of drug-likeness (QED) is 0.778. The number of nitrogens with zero attached hydrogens (tertiary/aromatic N) is 2. The number of benzene rings is 2. The van der Waals surface area contributed by atoms with Gasteiger partial charge in [0.1, 0.15) is 5.75 Å². The zero-order valence-electron chi connectivity index (χ0n) is 12.5. The van der Waals surface area contributed by atoms with Gasteiger partial charge in [0.05, 0.1) is 13.7 Å². The van der Waals surface area contributed by atoms with E-state index in [1.165, 1.54) is 0 Å². The molecule has 1 N–H and O–H groups in total. The number of ether oxygens (including phenoxy) is 1. The Bertz CT molecular complexity index is 768. The van der Waals surface area contributed by atoms with E-state index in [0.29, 0.717) is 18.3 Å². The minimum atomic E-state index is 0.464. The third kappa shape index (κ3) is 3.25. The third-order valence-electron chi connectivity index (χ3n) is 3.25. The highest BCUT2D eigenvalue weighted by Crippen LogP contribution is 2.20. The molecule has 0 fully saturated rings. The molecule has 112 valence electrons. The number of aromatic nitrogens is 2. The molecule has 0 bridgehead atoms. The Morgan fingerprint density at radius 2 is 1.95 bits per heavy atom. The van der Waals surface area contributed by atoms with E-state index in [1.54, 1.807) is 7.11 Å². The first-order valence-electron chi connectivity index (χ1n) is 7.02. The lowest BCUT2D eigenvalue weighted by Gasteiger charge is -2.05. The summed E-state index contributed by atoms with van der Waals surface area (Å²) in [5.74, 6) is 1.88. The average Bonchev–Trinajstić information content (AvgIpc) is 3.02. The van der Waals surface area contributed by atoms with E-state index >= 15 is 0 Å². The molecule has 3 rings (SSSR count). The fourth-order valence-corrected chi connectivity index (χ4v) is 2.13. The van der Waals surface area contributed by atoms with Crippen molar-refractivity contribution in [2.24, 2.45) is 0 Å². The minimum Gasteiger partial charge on any atom is -0.497 e. The van der Waals surface area contributed by atoms with E-state index in [1.807, 2.05) is 55.5 Å². The van der Waals surface area contributed by atoms with Crippen LogP contribution in [0.25, 0.3) is 11.5 Å². The first-order valence-corrected chi connectivity index (χ1v) is 7.02. The van der Waals surface area contributed by atoms with Gasteiger partial charge in [0.2, 0.25) is 11.8 Å². The van der Waals surface area contributed by atoms with Crippen molar-refractivity contribution < 1.29 is 9.15 Å². The van der Waals surface area contributed by atoms with E-state index < -0.39 is 0 Å². The molecule has 2 aromatic carbocycles. The van der Waals surface area contributed by atoms with E-state index in [0.717, 1.165) is 22.6 Å². The van der Waals surface area contributed by atoms with Crippen molar-refractivity contribution in [2.45, 2.75) is 13.5 Å². The van der Waals surface area contributed by atoms with E-state index in [-0.39, 0.29) is 0 Å². The van der Waals surface area contributed by atoms with Crippen LogP contribution in [0.15, 0.2) is 52.9 Å². The van der Waals surface area contributed by atoms with Crippen LogP contribution in [0.3, 0.4) is 0 Å². The molecule has 0 radical (unpaired) electrons. The van der Waals surface area contributed by atoms with Gasteiger partial charge in [-0.25, -0.2) is 0 Å². The Balaban J connectivity index is 1.69. The Morgan fingerprint density at radius 3 is 2.77 bits per heavy atom. The van der Waals surface area contributed by atoms with Crippen molar-refractivity contribution in [1.82, 2.24) is 10.2 Å². The summed E-state index contributed by atoms with van der Waals surface area (Å²) in [6.45, 7) is 2.50. The summed E-state index contributed by atoms with van der Waals surface area (Å²) >= 11 is 0. The zero-order valence-corrected chi connectivity index (χ0v) is 12.5. The molecule has 22 heavy (non-hydrogen) atoms. The number of nitrogens with one attached hydrogen (secondary N) is 1. The fraction of sp³-hybridized carbons (Fsp3) is 0.176. The van der Waals surface area contributed by atoms with E-state index in [9.17, 15) is 0 Å². The number of rotatable bonds is 5. The second-order valence-electron chi connectivity index (χ2n) is 4.96. The second kappa shape index (κ2) is 6.30. The molecule has 3 aromatic rings. The molecule has 1 aromatic heterocycles. The topological polar surface area (TPSA) is 60.2 Å². The molecule has 0 spiro atoms. The van der Waals surface area contributed by atoms with Gasteiger partial charge in [0.15, 0.2) is 0 Å². The molecule has 0 saturated heterocycles. The van der Waals surface area contributed by atoms with Crippen LogP contribution in [0, 0.1) is 6.92 Å². The lowest BCUT2D eigenvalue weighted by molar-refractivity contribution is 0.415. The van der Waals surface area contributed by atoms with Crippen LogP contribution in [-0.2, 0) is 6.54 Å². The molecule has 1 heterocycles. The van der Waals surface area contributed by atoms with Crippen molar-refractivity contribution in [1.29, 1.82) is 0 Å². The Labute approximate surface area is 129 Å².